The van der Waals surface area contributed by atoms with E-state index in [0.717, 1.165) is 19.1 Å². The van der Waals surface area contributed by atoms with Gasteiger partial charge in [0.25, 0.3) is 0 Å². The summed E-state index contributed by atoms with van der Waals surface area (Å²) in [6.45, 7) is 6.13. The molecule has 0 amide bonds. The quantitative estimate of drug-likeness (QED) is 0.711. The lowest BCUT2D eigenvalue weighted by Gasteiger charge is -2.47. The van der Waals surface area contributed by atoms with Gasteiger partial charge in [-0.3, -0.25) is 0 Å². The van der Waals surface area contributed by atoms with E-state index in [2.05, 4.69) is 13.8 Å². The largest absolute Gasteiger partial charge is 0.384 e. The molecule has 1 aliphatic carbocycles. The first-order valence-electron chi connectivity index (χ1n) is 5.36. The minimum atomic E-state index is 0.243. The fraction of sp³-hybridized carbons (Fsp3) is 1.00. The van der Waals surface area contributed by atoms with Gasteiger partial charge in [0, 0.05) is 19.1 Å². The van der Waals surface area contributed by atoms with Crippen molar-refractivity contribution in [2.24, 2.45) is 23.0 Å². The Balaban J connectivity index is 2.68. The van der Waals surface area contributed by atoms with Crippen LogP contribution in [0, 0.1) is 17.3 Å². The Morgan fingerprint density at radius 1 is 1.46 bits per heavy atom. The fourth-order valence-electron chi connectivity index (χ4n) is 2.47. The molecule has 1 saturated carbocycles. The number of hydrogen-bond donors (Lipinski definition) is 1. The summed E-state index contributed by atoms with van der Waals surface area (Å²) in [5.41, 5.74) is 6.17. The summed E-state index contributed by atoms with van der Waals surface area (Å²) < 4.78 is 5.34. The molecule has 1 aliphatic rings. The van der Waals surface area contributed by atoms with E-state index in [4.69, 9.17) is 10.5 Å². The average Bonchev–Trinajstić information content (AvgIpc) is 1.99. The summed E-state index contributed by atoms with van der Waals surface area (Å²) in [5, 5.41) is 0. The fourth-order valence-corrected chi connectivity index (χ4v) is 2.47. The van der Waals surface area contributed by atoms with Crippen molar-refractivity contribution in [3.63, 3.8) is 0 Å². The van der Waals surface area contributed by atoms with E-state index in [9.17, 15) is 0 Å². The van der Waals surface area contributed by atoms with E-state index in [1.54, 1.807) is 7.11 Å². The van der Waals surface area contributed by atoms with Crippen LogP contribution in [-0.4, -0.2) is 20.3 Å². The molecular weight excluding hydrogens is 162 g/mol. The van der Waals surface area contributed by atoms with Crippen LogP contribution in [0.5, 0.6) is 0 Å². The first kappa shape index (κ1) is 11.0. The van der Waals surface area contributed by atoms with E-state index < -0.39 is 0 Å². The molecule has 0 aliphatic heterocycles. The maximum atomic E-state index is 5.93. The van der Waals surface area contributed by atoms with Crippen molar-refractivity contribution in [1.82, 2.24) is 0 Å². The van der Waals surface area contributed by atoms with E-state index >= 15 is 0 Å². The smallest absolute Gasteiger partial charge is 0.0535 e. The number of ether oxygens (including phenoxy) is 1. The highest BCUT2D eigenvalue weighted by Gasteiger charge is 2.43. The monoisotopic (exact) mass is 185 g/mol. The summed E-state index contributed by atoms with van der Waals surface area (Å²) in [5.74, 6) is 1.43. The zero-order valence-corrected chi connectivity index (χ0v) is 9.18. The highest BCUT2D eigenvalue weighted by molar-refractivity contribution is 4.93. The third kappa shape index (κ3) is 1.89. The van der Waals surface area contributed by atoms with Gasteiger partial charge in [-0.05, 0) is 24.7 Å². The van der Waals surface area contributed by atoms with Crippen molar-refractivity contribution >= 4 is 0 Å². The predicted molar refractivity (Wildman–Crippen MR) is 55.5 cm³/mol. The number of nitrogens with two attached hydrogens (primary N) is 1. The molecule has 2 N–H and O–H groups in total. The maximum absolute atomic E-state index is 5.93. The molecule has 0 aromatic rings. The zero-order valence-electron chi connectivity index (χ0n) is 9.18. The molecule has 1 rings (SSSR count). The minimum Gasteiger partial charge on any atom is -0.384 e. The minimum absolute atomic E-state index is 0.243. The van der Waals surface area contributed by atoms with Gasteiger partial charge in [-0.25, -0.2) is 0 Å². The van der Waals surface area contributed by atoms with Gasteiger partial charge < -0.3 is 10.5 Å². The second kappa shape index (κ2) is 4.43. The summed E-state index contributed by atoms with van der Waals surface area (Å²) in [7, 11) is 1.78. The molecule has 0 aromatic carbocycles. The average molecular weight is 185 g/mol. The highest BCUT2D eigenvalue weighted by Crippen LogP contribution is 2.46. The van der Waals surface area contributed by atoms with Crippen LogP contribution in [0.2, 0.25) is 0 Å². The molecule has 78 valence electrons. The molecule has 1 fully saturated rings. The molecule has 13 heavy (non-hydrogen) atoms. The third-order valence-corrected chi connectivity index (χ3v) is 3.86. The second-order valence-corrected chi connectivity index (χ2v) is 4.65. The van der Waals surface area contributed by atoms with Crippen molar-refractivity contribution < 1.29 is 4.74 Å². The highest BCUT2D eigenvalue weighted by atomic mass is 16.5. The van der Waals surface area contributed by atoms with Gasteiger partial charge >= 0.3 is 0 Å². The van der Waals surface area contributed by atoms with Gasteiger partial charge in [0.05, 0.1) is 6.61 Å². The van der Waals surface area contributed by atoms with Crippen LogP contribution in [-0.2, 0) is 4.74 Å². The lowest BCUT2D eigenvalue weighted by atomic mass is 9.60. The summed E-state index contributed by atoms with van der Waals surface area (Å²) in [6.07, 6.45) is 4.07. The third-order valence-electron chi connectivity index (χ3n) is 3.86. The van der Waals surface area contributed by atoms with Crippen molar-refractivity contribution in [1.29, 1.82) is 0 Å². The van der Waals surface area contributed by atoms with E-state index in [1.807, 2.05) is 0 Å². The second-order valence-electron chi connectivity index (χ2n) is 4.65. The molecule has 0 saturated heterocycles. The SMILES string of the molecule is COCC(CN)(C(C)C)C1CCC1. The van der Waals surface area contributed by atoms with Crippen LogP contribution >= 0.6 is 0 Å². The van der Waals surface area contributed by atoms with Crippen LogP contribution in [0.1, 0.15) is 33.1 Å². The Bertz CT molecular complexity index is 154. The lowest BCUT2D eigenvalue weighted by molar-refractivity contribution is -0.0301. The lowest BCUT2D eigenvalue weighted by Crippen LogP contribution is -2.48. The van der Waals surface area contributed by atoms with Crippen LogP contribution in [0.15, 0.2) is 0 Å². The standard InChI is InChI=1S/C11H23NO/c1-9(2)11(7-12,8-13-3)10-5-4-6-10/h9-10H,4-8,12H2,1-3H3. The topological polar surface area (TPSA) is 35.2 Å². The molecule has 1 unspecified atom stereocenters. The first-order chi connectivity index (χ1) is 6.17. The van der Waals surface area contributed by atoms with Crippen LogP contribution < -0.4 is 5.73 Å². The first-order valence-corrected chi connectivity index (χ1v) is 5.36. The number of hydrogen-bond acceptors (Lipinski definition) is 2. The van der Waals surface area contributed by atoms with E-state index in [0.29, 0.717) is 5.92 Å². The Morgan fingerprint density at radius 2 is 2.08 bits per heavy atom. The normalized spacial score (nSPS) is 22.8. The molecular formula is C11H23NO. The van der Waals surface area contributed by atoms with Gasteiger partial charge in [0.15, 0.2) is 0 Å². The predicted octanol–water partition coefficient (Wildman–Crippen LogP) is 2.03. The number of rotatable bonds is 5. The van der Waals surface area contributed by atoms with Gasteiger partial charge in [-0.15, -0.1) is 0 Å². The van der Waals surface area contributed by atoms with Crippen LogP contribution in [0.25, 0.3) is 0 Å². The maximum Gasteiger partial charge on any atom is 0.0535 e. The number of methoxy groups -OCH3 is 1. The van der Waals surface area contributed by atoms with Crippen LogP contribution in [0.4, 0.5) is 0 Å². The van der Waals surface area contributed by atoms with E-state index in [-0.39, 0.29) is 5.41 Å². The van der Waals surface area contributed by atoms with Gasteiger partial charge in [0.1, 0.15) is 0 Å². The van der Waals surface area contributed by atoms with E-state index in [1.165, 1.54) is 19.3 Å². The Hall–Kier alpha value is -0.0800. The Labute approximate surface area is 81.8 Å². The van der Waals surface area contributed by atoms with Crippen molar-refractivity contribution in [2.45, 2.75) is 33.1 Å². The molecule has 2 nitrogen and oxygen atoms in total. The summed E-state index contributed by atoms with van der Waals surface area (Å²) in [4.78, 5) is 0. The molecule has 0 spiro atoms. The molecule has 2 heteroatoms. The Morgan fingerprint density at radius 3 is 2.31 bits per heavy atom. The zero-order chi connectivity index (χ0) is 9.90. The van der Waals surface area contributed by atoms with Crippen molar-refractivity contribution in [3.05, 3.63) is 0 Å². The molecule has 0 heterocycles. The Kier molecular flexibility index (Phi) is 3.74. The van der Waals surface area contributed by atoms with Crippen molar-refractivity contribution in [3.8, 4) is 0 Å². The summed E-state index contributed by atoms with van der Waals surface area (Å²) in [6, 6.07) is 0. The van der Waals surface area contributed by atoms with Gasteiger partial charge in [-0.1, -0.05) is 20.3 Å². The van der Waals surface area contributed by atoms with Gasteiger partial charge in [0.2, 0.25) is 0 Å². The molecule has 0 radical (unpaired) electrons. The van der Waals surface area contributed by atoms with Crippen molar-refractivity contribution in [2.75, 3.05) is 20.3 Å². The van der Waals surface area contributed by atoms with Gasteiger partial charge in [-0.2, -0.15) is 0 Å². The molecule has 1 atom stereocenters. The van der Waals surface area contributed by atoms with Crippen LogP contribution in [0.3, 0.4) is 0 Å². The molecule has 0 bridgehead atoms. The molecule has 0 aromatic heterocycles. The summed E-state index contributed by atoms with van der Waals surface area (Å²) >= 11 is 0.